The van der Waals surface area contributed by atoms with Crippen LogP contribution < -0.4 is 9.47 Å². The SMILES string of the molecule is O=C(C[C@@H]1CCCN1C(=O)c1ccccc1)O[C@@H](Cc1c(Cl)cncc1Cl)c1ccc(OC(F)F)c(OCC2CC2)c1. The number of amides is 1. The quantitative estimate of drug-likeness (QED) is 0.198. The number of likely N-dealkylation sites (tertiary alicyclic amines) is 1. The number of nitrogens with zero attached hydrogens (tertiary/aromatic N) is 2. The van der Waals surface area contributed by atoms with Crippen LogP contribution in [-0.2, 0) is 16.0 Å². The summed E-state index contributed by atoms with van der Waals surface area (Å²) >= 11 is 12.8. The first-order valence-electron chi connectivity index (χ1n) is 13.8. The third-order valence-corrected chi connectivity index (χ3v) is 8.06. The number of hydrogen-bond donors (Lipinski definition) is 0. The molecule has 11 heteroatoms. The lowest BCUT2D eigenvalue weighted by molar-refractivity contribution is -0.150. The zero-order valence-corrected chi connectivity index (χ0v) is 24.2. The minimum atomic E-state index is -3.03. The Kier molecular flexibility index (Phi) is 9.80. The zero-order chi connectivity index (χ0) is 29.6. The van der Waals surface area contributed by atoms with E-state index in [2.05, 4.69) is 9.72 Å². The summed E-state index contributed by atoms with van der Waals surface area (Å²) in [6.45, 7) is -2.12. The maximum atomic E-state index is 13.4. The number of ether oxygens (including phenoxy) is 3. The Morgan fingerprint density at radius 1 is 1.00 bits per heavy atom. The number of alkyl halides is 2. The maximum Gasteiger partial charge on any atom is 0.387 e. The van der Waals surface area contributed by atoms with Gasteiger partial charge >= 0.3 is 12.6 Å². The van der Waals surface area contributed by atoms with Gasteiger partial charge in [0.05, 0.1) is 23.1 Å². The third kappa shape index (κ3) is 7.69. The molecule has 1 saturated carbocycles. The van der Waals surface area contributed by atoms with Crippen LogP contribution in [0.4, 0.5) is 8.78 Å². The molecule has 2 fully saturated rings. The lowest BCUT2D eigenvalue weighted by Gasteiger charge is -2.26. The second-order valence-electron chi connectivity index (χ2n) is 10.5. The van der Waals surface area contributed by atoms with Crippen LogP contribution in [0.3, 0.4) is 0 Å². The topological polar surface area (TPSA) is 78.0 Å². The average molecular weight is 619 g/mol. The fourth-order valence-corrected chi connectivity index (χ4v) is 5.55. The first-order valence-corrected chi connectivity index (χ1v) is 14.6. The van der Waals surface area contributed by atoms with Crippen LogP contribution in [0.15, 0.2) is 60.9 Å². The molecule has 2 atom stereocenters. The highest BCUT2D eigenvalue weighted by molar-refractivity contribution is 6.35. The van der Waals surface area contributed by atoms with Gasteiger partial charge in [-0.15, -0.1) is 0 Å². The molecule has 1 aromatic heterocycles. The number of rotatable bonds is 12. The van der Waals surface area contributed by atoms with Gasteiger partial charge in [-0.05, 0) is 67.0 Å². The Morgan fingerprint density at radius 2 is 1.74 bits per heavy atom. The first kappa shape index (κ1) is 30.0. The average Bonchev–Trinajstić information content (AvgIpc) is 3.70. The monoisotopic (exact) mass is 618 g/mol. The lowest BCUT2D eigenvalue weighted by Crippen LogP contribution is -2.37. The Morgan fingerprint density at radius 3 is 2.43 bits per heavy atom. The van der Waals surface area contributed by atoms with E-state index in [1.54, 1.807) is 41.3 Å². The Bertz CT molecular complexity index is 1390. The van der Waals surface area contributed by atoms with Gasteiger partial charge < -0.3 is 19.1 Å². The van der Waals surface area contributed by atoms with Gasteiger partial charge in [-0.1, -0.05) is 47.5 Å². The zero-order valence-electron chi connectivity index (χ0n) is 22.7. The van der Waals surface area contributed by atoms with Crippen LogP contribution in [-0.4, -0.2) is 47.6 Å². The van der Waals surface area contributed by atoms with E-state index in [9.17, 15) is 18.4 Å². The standard InChI is InChI=1S/C31H30Cl2F2N2O5/c32-24-16-36-17-25(33)23(24)15-27(21-10-11-26(42-31(34)35)28(13-21)40-18-19-8-9-19)41-29(38)14-22-7-4-12-37(22)30(39)20-5-2-1-3-6-20/h1-3,5-6,10-11,13,16-17,19,22,27,31H,4,7-9,12,14-15,18H2/t22-,27-/m0/s1. The molecule has 1 aliphatic heterocycles. The van der Waals surface area contributed by atoms with Crippen LogP contribution in [0.25, 0.3) is 0 Å². The Hall–Kier alpha value is -3.43. The highest BCUT2D eigenvalue weighted by atomic mass is 35.5. The fourth-order valence-electron chi connectivity index (χ4n) is 5.03. The number of esters is 1. The Labute approximate surface area is 252 Å². The summed E-state index contributed by atoms with van der Waals surface area (Å²) in [5.41, 5.74) is 1.56. The van der Waals surface area contributed by atoms with E-state index in [-0.39, 0.29) is 36.3 Å². The van der Waals surface area contributed by atoms with Crippen molar-refractivity contribution in [3.63, 3.8) is 0 Å². The van der Waals surface area contributed by atoms with E-state index < -0.39 is 18.7 Å². The second kappa shape index (κ2) is 13.7. The van der Waals surface area contributed by atoms with Crippen LogP contribution in [0, 0.1) is 5.92 Å². The van der Waals surface area contributed by atoms with Crippen molar-refractivity contribution in [1.29, 1.82) is 0 Å². The molecule has 2 aromatic carbocycles. The minimum Gasteiger partial charge on any atom is -0.489 e. The van der Waals surface area contributed by atoms with Crippen molar-refractivity contribution in [2.45, 2.75) is 57.3 Å². The highest BCUT2D eigenvalue weighted by Gasteiger charge is 2.33. The molecule has 1 amide bonds. The van der Waals surface area contributed by atoms with Crippen molar-refractivity contribution >= 4 is 35.1 Å². The molecule has 0 radical (unpaired) electrons. The second-order valence-corrected chi connectivity index (χ2v) is 11.3. The summed E-state index contributed by atoms with van der Waals surface area (Å²) in [6, 6.07) is 13.1. The third-order valence-electron chi connectivity index (χ3n) is 7.40. The molecule has 7 nitrogen and oxygen atoms in total. The molecule has 0 spiro atoms. The van der Waals surface area contributed by atoms with Crippen molar-refractivity contribution in [3.05, 3.63) is 87.7 Å². The summed E-state index contributed by atoms with van der Waals surface area (Å²) in [4.78, 5) is 32.2. The van der Waals surface area contributed by atoms with Gasteiger partial charge in [0.25, 0.3) is 5.91 Å². The number of carbonyl (C=O) groups is 2. The molecule has 1 aliphatic carbocycles. The van der Waals surface area contributed by atoms with Crippen molar-refractivity contribution in [3.8, 4) is 11.5 Å². The molecule has 42 heavy (non-hydrogen) atoms. The van der Waals surface area contributed by atoms with Gasteiger partial charge in [0, 0.05) is 37.0 Å². The van der Waals surface area contributed by atoms with Gasteiger partial charge in [-0.3, -0.25) is 14.6 Å². The fraction of sp³-hybridized carbons (Fsp3) is 0.387. The summed E-state index contributed by atoms with van der Waals surface area (Å²) in [6.07, 6.45) is 5.54. The van der Waals surface area contributed by atoms with Gasteiger partial charge in [-0.2, -0.15) is 8.78 Å². The normalized spacial score (nSPS) is 17.3. The number of hydrogen-bond acceptors (Lipinski definition) is 6. The molecule has 222 valence electrons. The Balaban J connectivity index is 1.38. The molecule has 2 aliphatic rings. The van der Waals surface area contributed by atoms with Crippen molar-refractivity contribution in [2.75, 3.05) is 13.2 Å². The van der Waals surface area contributed by atoms with Crippen molar-refractivity contribution in [1.82, 2.24) is 9.88 Å². The predicted octanol–water partition coefficient (Wildman–Crippen LogP) is 7.30. The summed E-state index contributed by atoms with van der Waals surface area (Å²) in [7, 11) is 0. The first-order chi connectivity index (χ1) is 20.3. The number of carbonyl (C=O) groups excluding carboxylic acids is 2. The van der Waals surface area contributed by atoms with E-state index in [0.29, 0.717) is 52.2 Å². The summed E-state index contributed by atoms with van der Waals surface area (Å²) in [5, 5.41) is 0.587. The molecule has 5 rings (SSSR count). The molecule has 0 unspecified atom stereocenters. The van der Waals surface area contributed by atoms with E-state index >= 15 is 0 Å². The number of halogens is 4. The molecular weight excluding hydrogens is 589 g/mol. The smallest absolute Gasteiger partial charge is 0.387 e. The van der Waals surface area contributed by atoms with E-state index in [1.165, 1.54) is 18.5 Å². The van der Waals surface area contributed by atoms with Gasteiger partial charge in [0.1, 0.15) is 6.10 Å². The molecule has 2 heterocycles. The summed E-state index contributed by atoms with van der Waals surface area (Å²) in [5.74, 6) is -0.273. The van der Waals surface area contributed by atoms with Crippen LogP contribution in [0.2, 0.25) is 10.0 Å². The lowest BCUT2D eigenvalue weighted by atomic mass is 10.0. The molecule has 0 N–H and O–H groups in total. The maximum absolute atomic E-state index is 13.4. The largest absolute Gasteiger partial charge is 0.489 e. The van der Waals surface area contributed by atoms with Gasteiger partial charge in [0.15, 0.2) is 11.5 Å². The molecule has 3 aromatic rings. The predicted molar refractivity (Wildman–Crippen MR) is 153 cm³/mol. The molecule has 0 bridgehead atoms. The minimum absolute atomic E-state index is 0.00943. The van der Waals surface area contributed by atoms with E-state index in [0.717, 1.165) is 19.3 Å². The van der Waals surface area contributed by atoms with E-state index in [1.807, 2.05) is 6.07 Å². The van der Waals surface area contributed by atoms with Crippen molar-refractivity contribution < 1.29 is 32.6 Å². The molecular formula is C31H30Cl2F2N2O5. The van der Waals surface area contributed by atoms with E-state index in [4.69, 9.17) is 32.7 Å². The van der Waals surface area contributed by atoms with Crippen LogP contribution >= 0.6 is 23.2 Å². The van der Waals surface area contributed by atoms with Crippen molar-refractivity contribution in [2.24, 2.45) is 5.92 Å². The number of pyridine rings is 1. The van der Waals surface area contributed by atoms with Crippen LogP contribution in [0.5, 0.6) is 11.5 Å². The number of benzene rings is 2. The molecule has 1 saturated heterocycles. The number of aromatic nitrogens is 1. The summed E-state index contributed by atoms with van der Waals surface area (Å²) < 4.78 is 42.7. The highest BCUT2D eigenvalue weighted by Crippen LogP contribution is 2.38. The van der Waals surface area contributed by atoms with Gasteiger partial charge in [0.2, 0.25) is 0 Å². The van der Waals surface area contributed by atoms with Gasteiger partial charge in [-0.25, -0.2) is 0 Å². The van der Waals surface area contributed by atoms with Crippen LogP contribution in [0.1, 0.15) is 59.7 Å².